The number of hydrogen-bond donors (Lipinski definition) is 3. The Morgan fingerprint density at radius 3 is 2.90 bits per heavy atom. The topological polar surface area (TPSA) is 79.8 Å². The van der Waals surface area contributed by atoms with Crippen molar-refractivity contribution in [2.45, 2.75) is 18.6 Å². The number of carbonyl (C=O) groups excluding carboxylic acids is 1. The Morgan fingerprint density at radius 2 is 2.15 bits per heavy atom. The van der Waals surface area contributed by atoms with Crippen molar-refractivity contribution in [1.82, 2.24) is 10.6 Å². The summed E-state index contributed by atoms with van der Waals surface area (Å²) >= 11 is 0. The number of fused-ring (bicyclic) bond motifs is 1. The molecular formula is C14H18N2O4. The van der Waals surface area contributed by atoms with E-state index in [1.165, 1.54) is 0 Å². The number of amides is 1. The second-order valence-corrected chi connectivity index (χ2v) is 5.03. The molecule has 2 unspecified atom stereocenters. The third-order valence-corrected chi connectivity index (χ3v) is 3.53. The molecule has 20 heavy (non-hydrogen) atoms. The van der Waals surface area contributed by atoms with Crippen LogP contribution in [0.5, 0.6) is 11.5 Å². The lowest BCUT2D eigenvalue weighted by Gasteiger charge is -2.21. The van der Waals surface area contributed by atoms with Gasteiger partial charge < -0.3 is 25.2 Å². The van der Waals surface area contributed by atoms with E-state index < -0.39 is 6.10 Å². The quantitative estimate of drug-likeness (QED) is 0.721. The van der Waals surface area contributed by atoms with Crippen LogP contribution < -0.4 is 20.1 Å². The van der Waals surface area contributed by atoms with E-state index >= 15 is 0 Å². The number of hydrogen-bond acceptors (Lipinski definition) is 5. The molecule has 3 N–H and O–H groups in total. The first-order valence-electron chi connectivity index (χ1n) is 6.80. The minimum absolute atomic E-state index is 0.0521. The molecule has 0 saturated carbocycles. The summed E-state index contributed by atoms with van der Waals surface area (Å²) in [6, 6.07) is 5.54. The molecule has 0 bridgehead atoms. The molecule has 1 aromatic rings. The number of ether oxygens (including phenoxy) is 2. The molecule has 6 heteroatoms. The molecule has 2 atom stereocenters. The van der Waals surface area contributed by atoms with Gasteiger partial charge in [-0.25, -0.2) is 0 Å². The molecule has 1 amide bonds. The number of aliphatic hydroxyl groups is 1. The highest BCUT2D eigenvalue weighted by Crippen LogP contribution is 2.32. The van der Waals surface area contributed by atoms with Gasteiger partial charge in [0.2, 0.25) is 5.91 Å². The molecule has 2 heterocycles. The van der Waals surface area contributed by atoms with Crippen molar-refractivity contribution in [2.24, 2.45) is 0 Å². The molecule has 2 aliphatic heterocycles. The van der Waals surface area contributed by atoms with Crippen molar-refractivity contribution in [2.75, 3.05) is 26.3 Å². The van der Waals surface area contributed by atoms with E-state index in [-0.39, 0.29) is 11.9 Å². The zero-order valence-corrected chi connectivity index (χ0v) is 11.1. The van der Waals surface area contributed by atoms with Crippen LogP contribution in [0.15, 0.2) is 18.2 Å². The Morgan fingerprint density at radius 1 is 1.35 bits per heavy atom. The summed E-state index contributed by atoms with van der Waals surface area (Å²) in [5, 5.41) is 16.1. The maximum Gasteiger partial charge on any atom is 0.221 e. The summed E-state index contributed by atoms with van der Waals surface area (Å²) in [7, 11) is 0. The third kappa shape index (κ3) is 2.86. The zero-order chi connectivity index (χ0) is 13.9. The fourth-order valence-corrected chi connectivity index (χ4v) is 2.41. The van der Waals surface area contributed by atoms with Crippen LogP contribution in [-0.2, 0) is 4.79 Å². The molecule has 0 radical (unpaired) electrons. The number of aliphatic hydroxyl groups excluding tert-OH is 1. The van der Waals surface area contributed by atoms with E-state index in [2.05, 4.69) is 10.6 Å². The van der Waals surface area contributed by atoms with E-state index in [1.807, 2.05) is 12.1 Å². The average Bonchev–Trinajstić information content (AvgIpc) is 2.90. The van der Waals surface area contributed by atoms with Crippen molar-refractivity contribution in [3.8, 4) is 11.5 Å². The van der Waals surface area contributed by atoms with Gasteiger partial charge in [-0.2, -0.15) is 0 Å². The van der Waals surface area contributed by atoms with Crippen LogP contribution in [0.25, 0.3) is 0 Å². The first kappa shape index (κ1) is 13.2. The van der Waals surface area contributed by atoms with Crippen molar-refractivity contribution in [3.05, 3.63) is 23.8 Å². The van der Waals surface area contributed by atoms with Gasteiger partial charge in [-0.1, -0.05) is 6.07 Å². The van der Waals surface area contributed by atoms with Crippen LogP contribution in [0.1, 0.15) is 18.1 Å². The van der Waals surface area contributed by atoms with Gasteiger partial charge in [-0.3, -0.25) is 4.79 Å². The number of benzene rings is 1. The lowest BCUT2D eigenvalue weighted by atomic mass is 10.1. The SMILES string of the molecule is O=C1CC(NCC(O)c2ccc3c(c2)OCCO3)CN1. The van der Waals surface area contributed by atoms with Gasteiger partial charge in [0, 0.05) is 25.6 Å². The van der Waals surface area contributed by atoms with Crippen molar-refractivity contribution >= 4 is 5.91 Å². The highest BCUT2D eigenvalue weighted by Gasteiger charge is 2.22. The largest absolute Gasteiger partial charge is 0.486 e. The summed E-state index contributed by atoms with van der Waals surface area (Å²) in [5.74, 6) is 1.44. The average molecular weight is 278 g/mol. The van der Waals surface area contributed by atoms with Gasteiger partial charge in [0.25, 0.3) is 0 Å². The summed E-state index contributed by atoms with van der Waals surface area (Å²) in [6.07, 6.45) is -0.171. The predicted octanol–water partition coefficient (Wildman–Crippen LogP) is -0.0307. The second kappa shape index (κ2) is 5.68. The number of carbonyl (C=O) groups is 1. The molecule has 0 aromatic heterocycles. The summed E-state index contributed by atoms with van der Waals surface area (Å²) in [4.78, 5) is 11.1. The Bertz CT molecular complexity index is 506. The van der Waals surface area contributed by atoms with Crippen LogP contribution in [0.3, 0.4) is 0 Å². The minimum Gasteiger partial charge on any atom is -0.486 e. The molecular weight excluding hydrogens is 260 g/mol. The lowest BCUT2D eigenvalue weighted by molar-refractivity contribution is -0.119. The predicted molar refractivity (Wildman–Crippen MR) is 71.8 cm³/mol. The first-order chi connectivity index (χ1) is 9.72. The van der Waals surface area contributed by atoms with Gasteiger partial charge in [0.1, 0.15) is 13.2 Å². The Hall–Kier alpha value is -1.79. The number of nitrogens with one attached hydrogen (secondary N) is 2. The molecule has 108 valence electrons. The smallest absolute Gasteiger partial charge is 0.221 e. The van der Waals surface area contributed by atoms with E-state index in [9.17, 15) is 9.90 Å². The van der Waals surface area contributed by atoms with E-state index in [0.717, 1.165) is 5.56 Å². The first-order valence-corrected chi connectivity index (χ1v) is 6.80. The van der Waals surface area contributed by atoms with Crippen molar-refractivity contribution < 1.29 is 19.4 Å². The molecule has 3 rings (SSSR count). The van der Waals surface area contributed by atoms with Crippen molar-refractivity contribution in [3.63, 3.8) is 0 Å². The van der Waals surface area contributed by atoms with Gasteiger partial charge in [0.05, 0.1) is 6.10 Å². The fraction of sp³-hybridized carbons (Fsp3) is 0.500. The minimum atomic E-state index is -0.637. The van der Waals surface area contributed by atoms with Crippen LogP contribution in [0, 0.1) is 0 Å². The van der Waals surface area contributed by atoms with Crippen LogP contribution in [0.2, 0.25) is 0 Å². The highest BCUT2D eigenvalue weighted by molar-refractivity contribution is 5.78. The molecule has 1 aromatic carbocycles. The zero-order valence-electron chi connectivity index (χ0n) is 11.1. The van der Waals surface area contributed by atoms with Crippen LogP contribution in [0.4, 0.5) is 0 Å². The Kier molecular flexibility index (Phi) is 3.75. The van der Waals surface area contributed by atoms with E-state index in [4.69, 9.17) is 9.47 Å². The Labute approximate surface area is 117 Å². The highest BCUT2D eigenvalue weighted by atomic mass is 16.6. The molecule has 0 spiro atoms. The van der Waals surface area contributed by atoms with Gasteiger partial charge >= 0.3 is 0 Å². The molecule has 2 aliphatic rings. The fourth-order valence-electron chi connectivity index (χ4n) is 2.41. The molecule has 1 saturated heterocycles. The Balaban J connectivity index is 1.59. The second-order valence-electron chi connectivity index (χ2n) is 5.03. The van der Waals surface area contributed by atoms with Crippen LogP contribution >= 0.6 is 0 Å². The molecule has 0 aliphatic carbocycles. The summed E-state index contributed by atoms with van der Waals surface area (Å²) < 4.78 is 10.9. The lowest BCUT2D eigenvalue weighted by Crippen LogP contribution is -2.34. The molecule has 6 nitrogen and oxygen atoms in total. The summed E-state index contributed by atoms with van der Waals surface area (Å²) in [5.41, 5.74) is 0.777. The van der Waals surface area contributed by atoms with Gasteiger partial charge in [0.15, 0.2) is 11.5 Å². The monoisotopic (exact) mass is 278 g/mol. The van der Waals surface area contributed by atoms with Crippen LogP contribution in [-0.4, -0.2) is 43.4 Å². The van der Waals surface area contributed by atoms with E-state index in [0.29, 0.717) is 44.2 Å². The maximum absolute atomic E-state index is 11.1. The molecule has 1 fully saturated rings. The van der Waals surface area contributed by atoms with Crippen molar-refractivity contribution in [1.29, 1.82) is 0 Å². The van der Waals surface area contributed by atoms with Gasteiger partial charge in [-0.05, 0) is 17.7 Å². The normalized spacial score (nSPS) is 22.4. The number of rotatable bonds is 4. The maximum atomic E-state index is 11.1. The van der Waals surface area contributed by atoms with E-state index in [1.54, 1.807) is 6.07 Å². The summed E-state index contributed by atoms with van der Waals surface area (Å²) in [6.45, 7) is 2.10. The third-order valence-electron chi connectivity index (χ3n) is 3.53. The standard InChI is InChI=1S/C14H18N2O4/c17-11(8-15-10-6-14(18)16-7-10)9-1-2-12-13(5-9)20-4-3-19-12/h1-2,5,10-11,15,17H,3-4,6-8H2,(H,16,18). The van der Waals surface area contributed by atoms with Gasteiger partial charge in [-0.15, -0.1) is 0 Å².